The fourth-order valence-electron chi connectivity index (χ4n) is 4.22. The minimum atomic E-state index is 0.186. The third-order valence-electron chi connectivity index (χ3n) is 6.21. The Bertz CT molecular complexity index is 1020. The highest BCUT2D eigenvalue weighted by Crippen LogP contribution is 2.45. The van der Waals surface area contributed by atoms with Crippen molar-refractivity contribution in [1.82, 2.24) is 9.55 Å². The molecule has 1 unspecified atom stereocenters. The van der Waals surface area contributed by atoms with Gasteiger partial charge < -0.3 is 9.30 Å². The van der Waals surface area contributed by atoms with Crippen molar-refractivity contribution >= 4 is 0 Å². The summed E-state index contributed by atoms with van der Waals surface area (Å²) in [5.41, 5.74) is 5.48. The third-order valence-corrected chi connectivity index (χ3v) is 6.21. The lowest BCUT2D eigenvalue weighted by Crippen LogP contribution is -2.25. The summed E-state index contributed by atoms with van der Waals surface area (Å²) in [4.78, 5) is 4.24. The summed E-state index contributed by atoms with van der Waals surface area (Å²) in [5, 5.41) is 0. The monoisotopic (exact) mass is 428 g/mol. The molecule has 1 aromatic heterocycles. The quantitative estimate of drug-likeness (QED) is 0.404. The van der Waals surface area contributed by atoms with Crippen LogP contribution in [-0.4, -0.2) is 16.2 Å². The van der Waals surface area contributed by atoms with Crippen LogP contribution >= 0.6 is 0 Å². The first-order valence-electron chi connectivity index (χ1n) is 11.4. The minimum Gasteiger partial charge on any atom is -0.490 e. The average Bonchev–Trinajstić information content (AvgIpc) is 3.28. The zero-order valence-electron chi connectivity index (χ0n) is 20.1. The van der Waals surface area contributed by atoms with Crippen LogP contribution in [0.5, 0.6) is 5.75 Å². The molecule has 0 N–H and O–H groups in total. The van der Waals surface area contributed by atoms with Crippen molar-refractivity contribution in [3.63, 3.8) is 0 Å². The first kappa shape index (κ1) is 23.6. The highest BCUT2D eigenvalue weighted by molar-refractivity contribution is 5.39. The zero-order chi connectivity index (χ0) is 23.0. The molecule has 1 aliphatic rings. The van der Waals surface area contributed by atoms with Crippen LogP contribution in [0.15, 0.2) is 108 Å². The summed E-state index contributed by atoms with van der Waals surface area (Å²) in [5.74, 6) is 0.895. The third kappa shape index (κ3) is 6.46. The number of hydrogen-bond donors (Lipinski definition) is 0. The Morgan fingerprint density at radius 3 is 2.66 bits per heavy atom. The van der Waals surface area contributed by atoms with E-state index in [1.54, 1.807) is 0 Å². The van der Waals surface area contributed by atoms with Gasteiger partial charge in [0.1, 0.15) is 12.4 Å². The molecule has 168 valence electrons. The van der Waals surface area contributed by atoms with Gasteiger partial charge in [-0.05, 0) is 68.4 Å². The van der Waals surface area contributed by atoms with Gasteiger partial charge >= 0.3 is 0 Å². The van der Waals surface area contributed by atoms with Crippen molar-refractivity contribution in [1.29, 1.82) is 0 Å². The Kier molecular flexibility index (Phi) is 8.10. The van der Waals surface area contributed by atoms with E-state index in [-0.39, 0.29) is 5.41 Å². The maximum atomic E-state index is 5.73. The summed E-state index contributed by atoms with van der Waals surface area (Å²) in [6.07, 6.45) is 21.2. The molecule has 1 aromatic carbocycles. The molecule has 1 atom stereocenters. The molecule has 0 fully saturated rings. The Morgan fingerprint density at radius 1 is 1.16 bits per heavy atom. The fourth-order valence-corrected chi connectivity index (χ4v) is 4.22. The van der Waals surface area contributed by atoms with Gasteiger partial charge in [0, 0.05) is 12.4 Å². The van der Waals surface area contributed by atoms with E-state index in [2.05, 4.69) is 86.8 Å². The topological polar surface area (TPSA) is 27.1 Å². The number of hydrogen-bond acceptors (Lipinski definition) is 2. The number of benzene rings is 1. The van der Waals surface area contributed by atoms with E-state index in [4.69, 9.17) is 4.74 Å². The number of ether oxygens (including phenoxy) is 1. The van der Waals surface area contributed by atoms with Crippen LogP contribution in [0, 0.1) is 5.41 Å². The average molecular weight is 429 g/mol. The summed E-state index contributed by atoms with van der Waals surface area (Å²) >= 11 is 0. The number of imidazole rings is 1. The Morgan fingerprint density at radius 2 is 1.94 bits per heavy atom. The van der Waals surface area contributed by atoms with Crippen LogP contribution in [0.25, 0.3) is 0 Å². The molecule has 0 spiro atoms. The van der Waals surface area contributed by atoms with Gasteiger partial charge in [0.15, 0.2) is 0 Å². The predicted molar refractivity (Wildman–Crippen MR) is 135 cm³/mol. The predicted octanol–water partition coefficient (Wildman–Crippen LogP) is 7.64. The van der Waals surface area contributed by atoms with Gasteiger partial charge in [-0.3, -0.25) is 0 Å². The standard InChI is InChI=1S/C29H36N2O/c1-23(10-9-11-24(2)17-21-32-26-12-7-6-8-13-26)14-15-27-25(3)28(16-18-29(27,4)5)31-20-19-30-22-31/h6-15,17,19-20,22,28H,16,18,21H2,1-5H3/b11-9+,15-14+,23-10+,24-17-. The van der Waals surface area contributed by atoms with E-state index in [1.165, 1.54) is 28.7 Å². The number of allylic oxidation sites excluding steroid dienone is 9. The van der Waals surface area contributed by atoms with Gasteiger partial charge in [0.2, 0.25) is 0 Å². The lowest BCUT2D eigenvalue weighted by molar-refractivity contribution is 0.327. The van der Waals surface area contributed by atoms with Crippen LogP contribution in [0.2, 0.25) is 0 Å². The molecule has 3 nitrogen and oxygen atoms in total. The number of rotatable bonds is 8. The molecule has 32 heavy (non-hydrogen) atoms. The van der Waals surface area contributed by atoms with Crippen molar-refractivity contribution in [3.05, 3.63) is 108 Å². The van der Waals surface area contributed by atoms with Gasteiger partial charge in [0.05, 0.1) is 12.4 Å². The second-order valence-corrected chi connectivity index (χ2v) is 9.22. The van der Waals surface area contributed by atoms with Crippen molar-refractivity contribution in [2.24, 2.45) is 5.41 Å². The molecule has 0 radical (unpaired) electrons. The maximum absolute atomic E-state index is 5.73. The van der Waals surface area contributed by atoms with Gasteiger partial charge in [-0.2, -0.15) is 0 Å². The van der Waals surface area contributed by atoms with Crippen molar-refractivity contribution in [3.8, 4) is 5.75 Å². The van der Waals surface area contributed by atoms with Crippen LogP contribution in [0.3, 0.4) is 0 Å². The van der Waals surface area contributed by atoms with Gasteiger partial charge in [-0.1, -0.05) is 73.6 Å². The van der Waals surface area contributed by atoms with Crippen molar-refractivity contribution in [2.75, 3.05) is 6.61 Å². The molecule has 0 bridgehead atoms. The molecule has 0 saturated carbocycles. The molecule has 3 rings (SSSR count). The maximum Gasteiger partial charge on any atom is 0.119 e. The summed E-state index contributed by atoms with van der Waals surface area (Å²) in [6.45, 7) is 11.8. The molecule has 2 aromatic rings. The summed E-state index contributed by atoms with van der Waals surface area (Å²) < 4.78 is 7.96. The molecule has 1 heterocycles. The molecular weight excluding hydrogens is 392 g/mol. The molecule has 0 saturated heterocycles. The number of nitrogens with zero attached hydrogens (tertiary/aromatic N) is 2. The van der Waals surface area contributed by atoms with Gasteiger partial charge in [-0.25, -0.2) is 4.98 Å². The van der Waals surface area contributed by atoms with Crippen LogP contribution in [0.4, 0.5) is 0 Å². The minimum absolute atomic E-state index is 0.186. The Labute approximate surface area is 193 Å². The highest BCUT2D eigenvalue weighted by atomic mass is 16.5. The normalized spacial score (nSPS) is 19.8. The van der Waals surface area contributed by atoms with E-state index in [9.17, 15) is 0 Å². The van der Waals surface area contributed by atoms with Gasteiger partial charge in [-0.15, -0.1) is 0 Å². The van der Waals surface area contributed by atoms with Crippen LogP contribution < -0.4 is 4.74 Å². The zero-order valence-corrected chi connectivity index (χ0v) is 20.1. The van der Waals surface area contributed by atoms with Crippen molar-refractivity contribution < 1.29 is 4.74 Å². The molecule has 1 aliphatic carbocycles. The lowest BCUT2D eigenvalue weighted by atomic mass is 9.71. The second kappa shape index (κ2) is 11.0. The smallest absolute Gasteiger partial charge is 0.119 e. The van der Waals surface area contributed by atoms with Crippen LogP contribution in [0.1, 0.15) is 53.5 Å². The number of para-hydroxylation sites is 1. The van der Waals surface area contributed by atoms with Crippen molar-refractivity contribution in [2.45, 2.75) is 53.5 Å². The second-order valence-electron chi connectivity index (χ2n) is 9.22. The van der Waals surface area contributed by atoms with E-state index < -0.39 is 0 Å². The Hall–Kier alpha value is -3.07. The number of aromatic nitrogens is 2. The lowest BCUT2D eigenvalue weighted by Gasteiger charge is -2.37. The van der Waals surface area contributed by atoms with E-state index in [1.807, 2.05) is 42.9 Å². The SMILES string of the molecule is CC1=C(/C=C/C(C)=C/C=C/C(C)=C\COc2ccccc2)C(C)(C)CCC1n1ccnc1. The molecule has 3 heteroatoms. The summed E-state index contributed by atoms with van der Waals surface area (Å²) in [6, 6.07) is 10.3. The first-order valence-corrected chi connectivity index (χ1v) is 11.4. The highest BCUT2D eigenvalue weighted by Gasteiger charge is 2.32. The molecular formula is C29H36N2O. The van der Waals surface area contributed by atoms with E-state index >= 15 is 0 Å². The first-order chi connectivity index (χ1) is 15.4. The largest absolute Gasteiger partial charge is 0.490 e. The van der Waals surface area contributed by atoms with E-state index in [0.29, 0.717) is 12.6 Å². The summed E-state index contributed by atoms with van der Waals surface area (Å²) in [7, 11) is 0. The molecule has 0 aliphatic heterocycles. The Balaban J connectivity index is 1.62. The van der Waals surface area contributed by atoms with Gasteiger partial charge in [0.25, 0.3) is 0 Å². The van der Waals surface area contributed by atoms with E-state index in [0.717, 1.165) is 12.2 Å². The fraction of sp³-hybridized carbons (Fsp3) is 0.345. The molecule has 0 amide bonds. The van der Waals surface area contributed by atoms with Crippen LogP contribution in [-0.2, 0) is 0 Å².